The maximum Gasteiger partial charge on any atom is 0.265 e. The Bertz CT molecular complexity index is 389. The molecule has 0 bridgehead atoms. The number of amides is 2. The van der Waals surface area contributed by atoms with Crippen LogP contribution in [0, 0.1) is 0 Å². The number of carbonyl (C=O) groups is 2. The van der Waals surface area contributed by atoms with E-state index in [0.717, 1.165) is 11.3 Å². The second-order valence-electron chi connectivity index (χ2n) is 2.63. The maximum absolute atomic E-state index is 11.4. The van der Waals surface area contributed by atoms with Crippen molar-refractivity contribution >= 4 is 34.1 Å². The Balaban J connectivity index is 2.72. The zero-order chi connectivity index (χ0) is 11.4. The summed E-state index contributed by atoms with van der Waals surface area (Å²) in [5, 5.41) is 5.63. The fraction of sp³-hybridized carbons (Fsp3) is 0.286. The zero-order valence-corrected chi connectivity index (χ0v) is 8.85. The van der Waals surface area contributed by atoms with Crippen LogP contribution < -0.4 is 22.1 Å². The Kier molecular flexibility index (Phi) is 3.45. The minimum atomic E-state index is -0.611. The van der Waals surface area contributed by atoms with E-state index in [4.69, 9.17) is 11.5 Å². The SMILES string of the molecule is CNc1nc(N)c(C(=O)NCC(N)=O)s1. The van der Waals surface area contributed by atoms with Crippen molar-refractivity contribution in [3.05, 3.63) is 4.88 Å². The number of hydrogen-bond donors (Lipinski definition) is 4. The van der Waals surface area contributed by atoms with Crippen molar-refractivity contribution in [2.75, 3.05) is 24.6 Å². The number of anilines is 2. The van der Waals surface area contributed by atoms with Gasteiger partial charge in [-0.2, -0.15) is 0 Å². The number of rotatable bonds is 4. The molecule has 0 atom stereocenters. The smallest absolute Gasteiger partial charge is 0.265 e. The van der Waals surface area contributed by atoms with Crippen LogP contribution in [-0.4, -0.2) is 30.4 Å². The van der Waals surface area contributed by atoms with E-state index >= 15 is 0 Å². The van der Waals surface area contributed by atoms with Crippen LogP contribution in [0.3, 0.4) is 0 Å². The topological polar surface area (TPSA) is 123 Å². The molecule has 0 radical (unpaired) electrons. The van der Waals surface area contributed by atoms with Crippen LogP contribution in [0.5, 0.6) is 0 Å². The van der Waals surface area contributed by atoms with Crippen molar-refractivity contribution in [3.63, 3.8) is 0 Å². The lowest BCUT2D eigenvalue weighted by molar-refractivity contribution is -0.117. The average molecular weight is 229 g/mol. The number of aromatic nitrogens is 1. The molecule has 1 heterocycles. The van der Waals surface area contributed by atoms with Crippen LogP contribution in [0.25, 0.3) is 0 Å². The Morgan fingerprint density at radius 3 is 2.67 bits per heavy atom. The second kappa shape index (κ2) is 4.60. The summed E-state index contributed by atoms with van der Waals surface area (Å²) in [6, 6.07) is 0. The van der Waals surface area contributed by atoms with Gasteiger partial charge in [-0.3, -0.25) is 9.59 Å². The van der Waals surface area contributed by atoms with E-state index in [2.05, 4.69) is 15.6 Å². The third-order valence-electron chi connectivity index (χ3n) is 1.50. The van der Waals surface area contributed by atoms with Crippen LogP contribution in [0.2, 0.25) is 0 Å². The standard InChI is InChI=1S/C7H11N5O2S/c1-10-7-12-5(9)4(15-7)6(14)11-2-3(8)13/h2,9H2,1H3,(H2,8,13)(H,10,12)(H,11,14). The maximum atomic E-state index is 11.4. The fourth-order valence-electron chi connectivity index (χ4n) is 0.849. The summed E-state index contributed by atoms with van der Waals surface area (Å²) in [4.78, 5) is 26.0. The second-order valence-corrected chi connectivity index (χ2v) is 3.63. The summed E-state index contributed by atoms with van der Waals surface area (Å²) >= 11 is 1.11. The van der Waals surface area contributed by atoms with Gasteiger partial charge in [0.25, 0.3) is 5.91 Å². The molecule has 1 rings (SSSR count). The highest BCUT2D eigenvalue weighted by atomic mass is 32.1. The van der Waals surface area contributed by atoms with Crippen molar-refractivity contribution in [2.24, 2.45) is 5.73 Å². The van der Waals surface area contributed by atoms with Gasteiger partial charge in [-0.05, 0) is 0 Å². The molecule has 0 fully saturated rings. The molecule has 0 saturated heterocycles. The molecule has 0 saturated carbocycles. The first-order chi connectivity index (χ1) is 7.04. The highest BCUT2D eigenvalue weighted by Crippen LogP contribution is 2.23. The lowest BCUT2D eigenvalue weighted by Gasteiger charge is -1.99. The first kappa shape index (κ1) is 11.2. The number of thiazole rings is 1. The zero-order valence-electron chi connectivity index (χ0n) is 8.03. The van der Waals surface area contributed by atoms with E-state index in [1.54, 1.807) is 7.05 Å². The molecule has 6 N–H and O–H groups in total. The number of nitrogens with one attached hydrogen (secondary N) is 2. The molecular weight excluding hydrogens is 218 g/mol. The quantitative estimate of drug-likeness (QED) is 0.526. The van der Waals surface area contributed by atoms with Gasteiger partial charge in [0.2, 0.25) is 5.91 Å². The highest BCUT2D eigenvalue weighted by molar-refractivity contribution is 7.18. The number of primary amides is 1. The van der Waals surface area contributed by atoms with Gasteiger partial charge in [-0.1, -0.05) is 11.3 Å². The van der Waals surface area contributed by atoms with Gasteiger partial charge in [0, 0.05) is 7.05 Å². The largest absolute Gasteiger partial charge is 0.382 e. The molecule has 82 valence electrons. The first-order valence-corrected chi connectivity index (χ1v) is 4.86. The summed E-state index contributed by atoms with van der Waals surface area (Å²) in [5.41, 5.74) is 10.4. The van der Waals surface area contributed by atoms with Crippen LogP contribution in [0.1, 0.15) is 9.67 Å². The van der Waals surface area contributed by atoms with Crippen LogP contribution >= 0.6 is 11.3 Å². The Morgan fingerprint density at radius 1 is 1.53 bits per heavy atom. The fourth-order valence-corrected chi connectivity index (χ4v) is 1.60. The van der Waals surface area contributed by atoms with Gasteiger partial charge in [0.05, 0.1) is 6.54 Å². The van der Waals surface area contributed by atoms with E-state index in [-0.39, 0.29) is 17.2 Å². The summed E-state index contributed by atoms with van der Waals surface area (Å²) in [6.07, 6.45) is 0. The molecule has 1 aromatic heterocycles. The number of carbonyl (C=O) groups excluding carboxylic acids is 2. The predicted molar refractivity (Wildman–Crippen MR) is 57.6 cm³/mol. The Morgan fingerprint density at radius 2 is 2.20 bits per heavy atom. The van der Waals surface area contributed by atoms with Gasteiger partial charge < -0.3 is 22.1 Å². The summed E-state index contributed by atoms with van der Waals surface area (Å²) in [7, 11) is 1.67. The predicted octanol–water partition coefficient (Wildman–Crippen LogP) is -1.02. The van der Waals surface area contributed by atoms with Crippen molar-refractivity contribution in [3.8, 4) is 0 Å². The molecule has 8 heteroatoms. The summed E-state index contributed by atoms with van der Waals surface area (Å²) < 4.78 is 0. The summed E-state index contributed by atoms with van der Waals surface area (Å²) in [6.45, 7) is -0.217. The molecule has 2 amide bonds. The van der Waals surface area contributed by atoms with Crippen LogP contribution in [0.15, 0.2) is 0 Å². The highest BCUT2D eigenvalue weighted by Gasteiger charge is 2.15. The number of nitrogens with two attached hydrogens (primary N) is 2. The molecule has 0 aliphatic rings. The molecule has 0 spiro atoms. The molecule has 0 aromatic carbocycles. The third-order valence-corrected chi connectivity index (χ3v) is 2.58. The van der Waals surface area contributed by atoms with E-state index in [0.29, 0.717) is 5.13 Å². The van der Waals surface area contributed by atoms with Gasteiger partial charge in [-0.15, -0.1) is 0 Å². The Labute approximate surface area is 89.9 Å². The van der Waals surface area contributed by atoms with E-state index < -0.39 is 11.8 Å². The monoisotopic (exact) mass is 229 g/mol. The molecular formula is C7H11N5O2S. The first-order valence-electron chi connectivity index (χ1n) is 4.05. The average Bonchev–Trinajstić information content (AvgIpc) is 2.56. The number of hydrogen-bond acceptors (Lipinski definition) is 6. The van der Waals surface area contributed by atoms with Crippen molar-refractivity contribution in [1.29, 1.82) is 0 Å². The van der Waals surface area contributed by atoms with E-state index in [1.165, 1.54) is 0 Å². The normalized spacial score (nSPS) is 9.67. The van der Waals surface area contributed by atoms with Gasteiger partial charge in [-0.25, -0.2) is 4.98 Å². The molecule has 0 aliphatic carbocycles. The molecule has 7 nitrogen and oxygen atoms in total. The van der Waals surface area contributed by atoms with Gasteiger partial charge in [0.15, 0.2) is 5.13 Å². The lowest BCUT2D eigenvalue weighted by Crippen LogP contribution is -2.33. The van der Waals surface area contributed by atoms with E-state index in [1.807, 2.05) is 0 Å². The van der Waals surface area contributed by atoms with Gasteiger partial charge >= 0.3 is 0 Å². The molecule has 15 heavy (non-hydrogen) atoms. The van der Waals surface area contributed by atoms with Crippen molar-refractivity contribution in [1.82, 2.24) is 10.3 Å². The lowest BCUT2D eigenvalue weighted by atomic mass is 10.4. The van der Waals surface area contributed by atoms with Crippen molar-refractivity contribution < 1.29 is 9.59 Å². The minimum Gasteiger partial charge on any atom is -0.382 e. The number of nitrogens with zero attached hydrogens (tertiary/aromatic N) is 1. The third kappa shape index (κ3) is 2.81. The summed E-state index contributed by atoms with van der Waals surface area (Å²) in [5.74, 6) is -0.933. The molecule has 0 aliphatic heterocycles. The molecule has 0 unspecified atom stereocenters. The van der Waals surface area contributed by atoms with Crippen LogP contribution in [0.4, 0.5) is 10.9 Å². The minimum absolute atomic E-state index is 0.131. The molecule has 1 aromatic rings. The van der Waals surface area contributed by atoms with Crippen molar-refractivity contribution in [2.45, 2.75) is 0 Å². The van der Waals surface area contributed by atoms with Gasteiger partial charge in [0.1, 0.15) is 10.7 Å². The number of nitrogen functional groups attached to an aromatic ring is 1. The Hall–Kier alpha value is -1.83. The van der Waals surface area contributed by atoms with E-state index in [9.17, 15) is 9.59 Å². The van der Waals surface area contributed by atoms with Crippen LogP contribution in [-0.2, 0) is 4.79 Å².